The summed E-state index contributed by atoms with van der Waals surface area (Å²) in [4.78, 5) is 21.7. The second-order valence-electron chi connectivity index (χ2n) is 7.66. The molecule has 3 aromatic heterocycles. The molecule has 1 unspecified atom stereocenters. The van der Waals surface area contributed by atoms with Crippen molar-refractivity contribution in [2.24, 2.45) is 0 Å². The number of hydrogen-bond donors (Lipinski definition) is 0. The first-order chi connectivity index (χ1) is 13.6. The van der Waals surface area contributed by atoms with Gasteiger partial charge in [0.05, 0.1) is 18.0 Å². The van der Waals surface area contributed by atoms with Gasteiger partial charge in [0.25, 0.3) is 0 Å². The van der Waals surface area contributed by atoms with Gasteiger partial charge in [-0.15, -0.1) is 11.3 Å². The minimum Gasteiger partial charge on any atom is -0.349 e. The van der Waals surface area contributed by atoms with E-state index in [4.69, 9.17) is 9.97 Å². The van der Waals surface area contributed by atoms with Crippen molar-refractivity contribution in [3.8, 4) is 0 Å². The second-order valence-corrected chi connectivity index (χ2v) is 8.86. The predicted molar refractivity (Wildman–Crippen MR) is 117 cm³/mol. The van der Waals surface area contributed by atoms with Crippen LogP contribution < -0.4 is 4.90 Å². The van der Waals surface area contributed by atoms with Crippen molar-refractivity contribution in [2.75, 3.05) is 24.5 Å². The van der Waals surface area contributed by atoms with Crippen molar-refractivity contribution in [1.82, 2.24) is 19.9 Å². The van der Waals surface area contributed by atoms with Crippen molar-refractivity contribution >= 4 is 27.4 Å². The molecule has 0 spiro atoms. The number of aromatic nitrogens is 3. The predicted octanol–water partition coefficient (Wildman–Crippen LogP) is 4.89. The summed E-state index contributed by atoms with van der Waals surface area (Å²) in [5.41, 5.74) is 2.52. The molecule has 6 heteroatoms. The monoisotopic (exact) mass is 395 g/mol. The standard InChI is InChI=1S/C22H29N5S/c1-5-27(16(3)18-9-8-10-23-13-18)21-20-15(2)17(4)28-22(20)25-19(24-21)14-26-11-6-7-12-26/h8-10,13,16H,5-7,11-12,14H2,1-4H3. The SMILES string of the molecule is CCN(c1nc(CN2CCCC2)nc2sc(C)c(C)c12)C(C)c1cccnc1. The first-order valence-corrected chi connectivity index (χ1v) is 11.1. The molecule has 3 aromatic rings. The summed E-state index contributed by atoms with van der Waals surface area (Å²) >= 11 is 1.79. The molecule has 0 radical (unpaired) electrons. The molecule has 1 aliphatic heterocycles. The number of thiophene rings is 1. The van der Waals surface area contributed by atoms with E-state index in [1.807, 2.05) is 18.5 Å². The van der Waals surface area contributed by atoms with E-state index in [2.05, 4.69) is 48.5 Å². The summed E-state index contributed by atoms with van der Waals surface area (Å²) < 4.78 is 0. The largest absolute Gasteiger partial charge is 0.349 e. The Hall–Kier alpha value is -2.05. The number of fused-ring (bicyclic) bond motifs is 1. The number of nitrogens with zero attached hydrogens (tertiary/aromatic N) is 5. The zero-order chi connectivity index (χ0) is 19.7. The lowest BCUT2D eigenvalue weighted by Crippen LogP contribution is -2.29. The molecule has 0 N–H and O–H groups in total. The van der Waals surface area contributed by atoms with Crippen molar-refractivity contribution < 1.29 is 0 Å². The second kappa shape index (κ2) is 8.13. The van der Waals surface area contributed by atoms with Gasteiger partial charge in [-0.3, -0.25) is 9.88 Å². The van der Waals surface area contributed by atoms with Crippen LogP contribution in [0.15, 0.2) is 24.5 Å². The van der Waals surface area contributed by atoms with Crippen LogP contribution in [-0.4, -0.2) is 39.5 Å². The molecular formula is C22H29N5S. The molecule has 0 bridgehead atoms. The van der Waals surface area contributed by atoms with E-state index in [-0.39, 0.29) is 6.04 Å². The highest BCUT2D eigenvalue weighted by atomic mass is 32.1. The van der Waals surface area contributed by atoms with E-state index in [1.54, 1.807) is 11.3 Å². The maximum absolute atomic E-state index is 5.12. The fourth-order valence-corrected chi connectivity index (χ4v) is 5.14. The average molecular weight is 396 g/mol. The molecule has 28 heavy (non-hydrogen) atoms. The lowest BCUT2D eigenvalue weighted by atomic mass is 10.1. The van der Waals surface area contributed by atoms with Gasteiger partial charge in [-0.1, -0.05) is 6.07 Å². The molecule has 0 amide bonds. The van der Waals surface area contributed by atoms with Gasteiger partial charge in [-0.05, 0) is 70.8 Å². The van der Waals surface area contributed by atoms with E-state index in [1.165, 1.54) is 34.2 Å². The van der Waals surface area contributed by atoms with Gasteiger partial charge in [-0.25, -0.2) is 9.97 Å². The molecule has 5 nitrogen and oxygen atoms in total. The summed E-state index contributed by atoms with van der Waals surface area (Å²) in [5, 5.41) is 1.21. The summed E-state index contributed by atoms with van der Waals surface area (Å²) in [6, 6.07) is 4.36. The van der Waals surface area contributed by atoms with Crippen LogP contribution in [0.25, 0.3) is 10.2 Å². The summed E-state index contributed by atoms with van der Waals surface area (Å²) in [6.07, 6.45) is 6.36. The average Bonchev–Trinajstić information content (AvgIpc) is 3.31. The molecule has 0 saturated carbocycles. The zero-order valence-corrected chi connectivity index (χ0v) is 18.1. The molecule has 1 atom stereocenters. The molecule has 4 rings (SSSR count). The van der Waals surface area contributed by atoms with Crippen molar-refractivity contribution in [3.63, 3.8) is 0 Å². The Morgan fingerprint density at radius 3 is 2.68 bits per heavy atom. The molecule has 0 aromatic carbocycles. The van der Waals surface area contributed by atoms with Gasteiger partial charge in [0, 0.05) is 23.8 Å². The van der Waals surface area contributed by atoms with Gasteiger partial charge in [0.15, 0.2) is 0 Å². The highest BCUT2D eigenvalue weighted by molar-refractivity contribution is 7.18. The lowest BCUT2D eigenvalue weighted by Gasteiger charge is -2.30. The fraction of sp³-hybridized carbons (Fsp3) is 0.500. The van der Waals surface area contributed by atoms with Crippen LogP contribution in [0.4, 0.5) is 5.82 Å². The normalized spacial score (nSPS) is 16.0. The fourth-order valence-electron chi connectivity index (χ4n) is 4.10. The van der Waals surface area contributed by atoms with Crippen LogP contribution in [0.2, 0.25) is 0 Å². The van der Waals surface area contributed by atoms with E-state index in [0.717, 1.165) is 42.7 Å². The molecule has 4 heterocycles. The number of aryl methyl sites for hydroxylation is 2. The Morgan fingerprint density at radius 2 is 2.00 bits per heavy atom. The van der Waals surface area contributed by atoms with Crippen LogP contribution in [0, 0.1) is 13.8 Å². The Kier molecular flexibility index (Phi) is 5.60. The molecular weight excluding hydrogens is 366 g/mol. The summed E-state index contributed by atoms with van der Waals surface area (Å²) in [5.74, 6) is 2.02. The molecule has 1 saturated heterocycles. The van der Waals surface area contributed by atoms with Crippen molar-refractivity contribution in [2.45, 2.75) is 53.1 Å². The molecule has 1 fully saturated rings. The number of rotatable bonds is 6. The third-order valence-corrected chi connectivity index (χ3v) is 6.97. The van der Waals surface area contributed by atoms with Gasteiger partial charge in [0.2, 0.25) is 0 Å². The van der Waals surface area contributed by atoms with E-state index >= 15 is 0 Å². The minimum absolute atomic E-state index is 0.205. The number of likely N-dealkylation sites (tertiary alicyclic amines) is 1. The number of hydrogen-bond acceptors (Lipinski definition) is 6. The van der Waals surface area contributed by atoms with Crippen LogP contribution in [-0.2, 0) is 6.54 Å². The third kappa shape index (κ3) is 3.63. The molecule has 148 valence electrons. The molecule has 1 aliphatic rings. The quantitative estimate of drug-likeness (QED) is 0.595. The summed E-state index contributed by atoms with van der Waals surface area (Å²) in [7, 11) is 0. The highest BCUT2D eigenvalue weighted by Gasteiger charge is 2.24. The Labute approximate surface area is 171 Å². The van der Waals surface area contributed by atoms with Gasteiger partial charge < -0.3 is 4.90 Å². The minimum atomic E-state index is 0.205. The Morgan fingerprint density at radius 1 is 1.21 bits per heavy atom. The number of pyridine rings is 1. The van der Waals surface area contributed by atoms with Crippen molar-refractivity contribution in [3.05, 3.63) is 46.4 Å². The molecule has 0 aliphatic carbocycles. The summed E-state index contributed by atoms with van der Waals surface area (Å²) in [6.45, 7) is 12.9. The van der Waals surface area contributed by atoms with Gasteiger partial charge in [0.1, 0.15) is 16.5 Å². The maximum Gasteiger partial charge on any atom is 0.146 e. The highest BCUT2D eigenvalue weighted by Crippen LogP contribution is 2.37. The number of anilines is 1. The Bertz CT molecular complexity index is 946. The van der Waals surface area contributed by atoms with E-state index in [9.17, 15) is 0 Å². The smallest absolute Gasteiger partial charge is 0.146 e. The van der Waals surface area contributed by atoms with Gasteiger partial charge >= 0.3 is 0 Å². The first kappa shape index (κ1) is 19.3. The topological polar surface area (TPSA) is 45.2 Å². The van der Waals surface area contributed by atoms with Crippen LogP contribution in [0.3, 0.4) is 0 Å². The Balaban J connectivity index is 1.80. The zero-order valence-electron chi connectivity index (χ0n) is 17.3. The van der Waals surface area contributed by atoms with Crippen LogP contribution >= 0.6 is 11.3 Å². The van der Waals surface area contributed by atoms with Gasteiger partial charge in [-0.2, -0.15) is 0 Å². The lowest BCUT2D eigenvalue weighted by molar-refractivity contribution is 0.323. The van der Waals surface area contributed by atoms with Crippen LogP contribution in [0.5, 0.6) is 0 Å². The van der Waals surface area contributed by atoms with Crippen molar-refractivity contribution in [1.29, 1.82) is 0 Å². The van der Waals surface area contributed by atoms with E-state index < -0.39 is 0 Å². The third-order valence-electron chi connectivity index (χ3n) is 5.87. The van der Waals surface area contributed by atoms with Crippen LogP contribution in [0.1, 0.15) is 54.6 Å². The first-order valence-electron chi connectivity index (χ1n) is 10.2. The van der Waals surface area contributed by atoms with E-state index in [0.29, 0.717) is 0 Å². The maximum atomic E-state index is 5.12.